The molecule has 11 N–H and O–H groups in total. The monoisotopic (exact) mass is 436 g/mol. The van der Waals surface area contributed by atoms with Gasteiger partial charge in [0.1, 0.15) is 24.2 Å². The highest BCUT2D eigenvalue weighted by Crippen LogP contribution is 1.99. The minimum absolute atomic E-state index is 0.298. The molecule has 164 valence electrons. The zero-order valence-electron chi connectivity index (χ0n) is 15.2. The van der Waals surface area contributed by atoms with E-state index in [-0.39, 0.29) is 5.75 Å². The maximum absolute atomic E-state index is 12.4. The average molecular weight is 436 g/mol. The predicted molar refractivity (Wildman–Crippen MR) is 100.0 cm³/mol. The van der Waals surface area contributed by atoms with E-state index in [0.717, 1.165) is 0 Å². The number of primary amides is 2. The molecule has 0 rings (SSSR count). The molecular formula is C14H24N6O8S. The molecule has 0 aliphatic carbocycles. The Hall–Kier alpha value is -2.91. The molecule has 4 atom stereocenters. The molecule has 0 fully saturated rings. The Kier molecular flexibility index (Phi) is 11.3. The van der Waals surface area contributed by atoms with Crippen molar-refractivity contribution in [2.45, 2.75) is 37.0 Å². The van der Waals surface area contributed by atoms with Crippen LogP contribution in [-0.4, -0.2) is 82.2 Å². The van der Waals surface area contributed by atoms with Gasteiger partial charge in [0, 0.05) is 5.75 Å². The van der Waals surface area contributed by atoms with Crippen LogP contribution < -0.4 is 33.2 Å². The van der Waals surface area contributed by atoms with Crippen molar-refractivity contribution >= 4 is 48.1 Å². The number of thiol groups is 1. The van der Waals surface area contributed by atoms with Crippen LogP contribution in [0.5, 0.6) is 0 Å². The third-order valence-corrected chi connectivity index (χ3v) is 3.77. The summed E-state index contributed by atoms with van der Waals surface area (Å²) in [4.78, 5) is 69.5. The first kappa shape index (κ1) is 26.1. The summed E-state index contributed by atoms with van der Waals surface area (Å²) in [6.07, 6.45) is -1.33. The largest absolute Gasteiger partial charge is 0.480 e. The standard InChI is InChI=1S/C14H24N6O8S/c15-5(3-21)11(24)18-6(1-9(16)22)12(25)20-8(4-29)13(26)19-7(14(27)28)2-10(17)23/h5-8,21,29H,1-4,15H2,(H2,16,22)(H2,17,23)(H,18,24)(H,19,26)(H,20,25)(H,27,28). The van der Waals surface area contributed by atoms with E-state index in [1.807, 2.05) is 5.32 Å². The quantitative estimate of drug-likeness (QED) is 0.125. The highest BCUT2D eigenvalue weighted by molar-refractivity contribution is 7.80. The van der Waals surface area contributed by atoms with Crippen molar-refractivity contribution in [2.75, 3.05) is 12.4 Å². The second-order valence-electron chi connectivity index (χ2n) is 5.83. The number of aliphatic carboxylic acids is 1. The van der Waals surface area contributed by atoms with Gasteiger partial charge in [0.2, 0.25) is 29.5 Å². The number of rotatable bonds is 13. The SMILES string of the molecule is NC(=O)CC(NC(=O)C(CS)NC(=O)C(CC(N)=O)NC(=O)C(N)CO)C(=O)O. The molecule has 0 saturated heterocycles. The third-order valence-electron chi connectivity index (χ3n) is 3.41. The molecular weight excluding hydrogens is 412 g/mol. The van der Waals surface area contributed by atoms with Gasteiger partial charge in [0.05, 0.1) is 19.4 Å². The summed E-state index contributed by atoms with van der Waals surface area (Å²) in [5.41, 5.74) is 15.3. The summed E-state index contributed by atoms with van der Waals surface area (Å²) in [6, 6.07) is -5.91. The molecule has 0 aromatic carbocycles. The molecule has 5 amide bonds. The first-order chi connectivity index (χ1) is 13.4. The molecule has 0 aromatic rings. The number of amides is 5. The number of hydrogen-bond donors (Lipinski definition) is 9. The highest BCUT2D eigenvalue weighted by atomic mass is 32.1. The van der Waals surface area contributed by atoms with Crippen LogP contribution in [0, 0.1) is 0 Å². The molecule has 29 heavy (non-hydrogen) atoms. The molecule has 0 bridgehead atoms. The molecule has 4 unspecified atom stereocenters. The number of carbonyl (C=O) groups is 6. The van der Waals surface area contributed by atoms with E-state index < -0.39 is 79.1 Å². The minimum atomic E-state index is -1.64. The van der Waals surface area contributed by atoms with E-state index in [1.54, 1.807) is 0 Å². The van der Waals surface area contributed by atoms with Crippen LogP contribution in [-0.2, 0) is 28.8 Å². The summed E-state index contributed by atoms with van der Waals surface area (Å²) < 4.78 is 0. The van der Waals surface area contributed by atoms with Crippen molar-refractivity contribution in [3.05, 3.63) is 0 Å². The van der Waals surface area contributed by atoms with Gasteiger partial charge in [-0.2, -0.15) is 12.6 Å². The van der Waals surface area contributed by atoms with Crippen LogP contribution >= 0.6 is 12.6 Å². The summed E-state index contributed by atoms with van der Waals surface area (Å²) in [5.74, 6) is -6.73. The molecule has 0 spiro atoms. The lowest BCUT2D eigenvalue weighted by Gasteiger charge is -2.23. The fourth-order valence-corrected chi connectivity index (χ4v) is 2.17. The molecule has 15 heteroatoms. The summed E-state index contributed by atoms with van der Waals surface area (Å²) in [6.45, 7) is -0.727. The second kappa shape index (κ2) is 12.5. The molecule has 0 aliphatic rings. The van der Waals surface area contributed by atoms with Gasteiger partial charge in [-0.3, -0.25) is 24.0 Å². The van der Waals surface area contributed by atoms with Gasteiger partial charge in [0.25, 0.3) is 0 Å². The van der Waals surface area contributed by atoms with Gasteiger partial charge in [-0.1, -0.05) is 0 Å². The Balaban J connectivity index is 5.23. The smallest absolute Gasteiger partial charge is 0.326 e. The first-order valence-electron chi connectivity index (χ1n) is 8.10. The van der Waals surface area contributed by atoms with E-state index in [1.165, 1.54) is 0 Å². The Morgan fingerprint density at radius 2 is 1.21 bits per heavy atom. The van der Waals surface area contributed by atoms with Crippen molar-refractivity contribution in [2.24, 2.45) is 17.2 Å². The van der Waals surface area contributed by atoms with Crippen LogP contribution in [0.15, 0.2) is 0 Å². The Labute approximate surface area is 170 Å². The number of nitrogens with two attached hydrogens (primary N) is 3. The van der Waals surface area contributed by atoms with Crippen LogP contribution in [0.2, 0.25) is 0 Å². The van der Waals surface area contributed by atoms with E-state index >= 15 is 0 Å². The maximum atomic E-state index is 12.4. The fraction of sp³-hybridized carbons (Fsp3) is 0.571. The lowest BCUT2D eigenvalue weighted by atomic mass is 10.1. The molecule has 0 aliphatic heterocycles. The van der Waals surface area contributed by atoms with Gasteiger partial charge in [-0.05, 0) is 0 Å². The number of hydrogen-bond acceptors (Lipinski definition) is 9. The molecule has 0 saturated carbocycles. The summed E-state index contributed by atoms with van der Waals surface area (Å²) >= 11 is 3.88. The van der Waals surface area contributed by atoms with E-state index in [4.69, 9.17) is 27.4 Å². The molecule has 0 heterocycles. The number of nitrogens with one attached hydrogen (secondary N) is 3. The van der Waals surface area contributed by atoms with Gasteiger partial charge in [0.15, 0.2) is 0 Å². The van der Waals surface area contributed by atoms with Crippen molar-refractivity contribution in [1.82, 2.24) is 16.0 Å². The Bertz CT molecular complexity index is 660. The van der Waals surface area contributed by atoms with Crippen LogP contribution in [0.1, 0.15) is 12.8 Å². The van der Waals surface area contributed by atoms with Crippen molar-refractivity contribution in [3.63, 3.8) is 0 Å². The van der Waals surface area contributed by atoms with Crippen LogP contribution in [0.4, 0.5) is 0 Å². The molecule has 14 nitrogen and oxygen atoms in total. The minimum Gasteiger partial charge on any atom is -0.480 e. The van der Waals surface area contributed by atoms with Gasteiger partial charge in [-0.25, -0.2) is 4.79 Å². The average Bonchev–Trinajstić information content (AvgIpc) is 2.62. The number of aliphatic hydroxyl groups excluding tert-OH is 1. The third kappa shape index (κ3) is 9.72. The van der Waals surface area contributed by atoms with Crippen molar-refractivity contribution in [3.8, 4) is 0 Å². The Morgan fingerprint density at radius 1 is 0.793 bits per heavy atom. The predicted octanol–water partition coefficient (Wildman–Crippen LogP) is -5.47. The van der Waals surface area contributed by atoms with Gasteiger partial charge < -0.3 is 43.4 Å². The zero-order chi connectivity index (χ0) is 22.7. The van der Waals surface area contributed by atoms with E-state index in [9.17, 15) is 28.8 Å². The second-order valence-corrected chi connectivity index (χ2v) is 6.20. The lowest BCUT2D eigenvalue weighted by Crippen LogP contribution is -2.58. The van der Waals surface area contributed by atoms with E-state index in [0.29, 0.717) is 0 Å². The van der Waals surface area contributed by atoms with Crippen molar-refractivity contribution < 1.29 is 39.0 Å². The van der Waals surface area contributed by atoms with Crippen LogP contribution in [0.25, 0.3) is 0 Å². The Morgan fingerprint density at radius 3 is 1.62 bits per heavy atom. The van der Waals surface area contributed by atoms with Gasteiger partial charge in [-0.15, -0.1) is 0 Å². The zero-order valence-corrected chi connectivity index (χ0v) is 16.1. The number of aliphatic hydroxyl groups is 1. The van der Waals surface area contributed by atoms with Gasteiger partial charge >= 0.3 is 5.97 Å². The topological polar surface area (TPSA) is 257 Å². The molecule has 0 radical (unpaired) electrons. The highest BCUT2D eigenvalue weighted by Gasteiger charge is 2.30. The maximum Gasteiger partial charge on any atom is 0.326 e. The normalized spacial score (nSPS) is 14.6. The number of carboxylic acids is 1. The fourth-order valence-electron chi connectivity index (χ4n) is 1.91. The lowest BCUT2D eigenvalue weighted by molar-refractivity contribution is -0.143. The van der Waals surface area contributed by atoms with Crippen LogP contribution in [0.3, 0.4) is 0 Å². The first-order valence-corrected chi connectivity index (χ1v) is 8.73. The van der Waals surface area contributed by atoms with Crippen molar-refractivity contribution in [1.29, 1.82) is 0 Å². The number of carboxylic acid groups (broad SMARTS) is 1. The number of carbonyl (C=O) groups excluding carboxylic acids is 5. The van der Waals surface area contributed by atoms with E-state index in [2.05, 4.69) is 23.3 Å². The molecule has 0 aromatic heterocycles. The summed E-state index contributed by atoms with van der Waals surface area (Å²) in [7, 11) is 0. The summed E-state index contributed by atoms with van der Waals surface area (Å²) in [5, 5.41) is 24.2.